The molecule has 0 radical (unpaired) electrons. The van der Waals surface area contributed by atoms with Crippen LogP contribution in [0.2, 0.25) is 0 Å². The van der Waals surface area contributed by atoms with E-state index in [4.69, 9.17) is 0 Å². The van der Waals surface area contributed by atoms with Crippen molar-refractivity contribution in [2.24, 2.45) is 5.92 Å². The SMILES string of the molecule is CC(C)(C)c1csc(CC2(O)CCCC(C(F)(F)F)C2)n1. The predicted octanol–water partition coefficient (Wildman–Crippen LogP) is 4.47. The van der Waals surface area contributed by atoms with Crippen LogP contribution in [0.25, 0.3) is 0 Å². The maximum absolute atomic E-state index is 12.9. The first kappa shape index (κ1) is 16.7. The van der Waals surface area contributed by atoms with Crippen LogP contribution in [0.3, 0.4) is 0 Å². The van der Waals surface area contributed by atoms with E-state index < -0.39 is 17.7 Å². The summed E-state index contributed by atoms with van der Waals surface area (Å²) in [6.45, 7) is 6.13. The molecule has 1 N–H and O–H groups in total. The summed E-state index contributed by atoms with van der Waals surface area (Å²) in [4.78, 5) is 4.49. The van der Waals surface area contributed by atoms with Crippen LogP contribution in [0.1, 0.15) is 57.2 Å². The minimum Gasteiger partial charge on any atom is -0.389 e. The van der Waals surface area contributed by atoms with Gasteiger partial charge in [-0.2, -0.15) is 13.2 Å². The quantitative estimate of drug-likeness (QED) is 0.872. The molecule has 120 valence electrons. The Morgan fingerprint density at radius 1 is 1.38 bits per heavy atom. The number of rotatable bonds is 2. The number of alkyl halides is 3. The van der Waals surface area contributed by atoms with Gasteiger partial charge in [0.2, 0.25) is 0 Å². The standard InChI is InChI=1S/C15H22F3NOS/c1-13(2,3)11-9-21-12(19-11)8-14(20)6-4-5-10(7-14)15(16,17)18/h9-10,20H,4-8H2,1-3H3. The summed E-state index contributed by atoms with van der Waals surface area (Å²) in [7, 11) is 0. The minimum atomic E-state index is -4.21. The predicted molar refractivity (Wildman–Crippen MR) is 77.5 cm³/mol. The number of thiazole rings is 1. The molecule has 1 aromatic rings. The van der Waals surface area contributed by atoms with Gasteiger partial charge in [-0.05, 0) is 25.7 Å². The number of aliphatic hydroxyl groups is 1. The van der Waals surface area contributed by atoms with Gasteiger partial charge in [0.25, 0.3) is 0 Å². The molecule has 1 saturated carbocycles. The molecule has 1 aliphatic carbocycles. The van der Waals surface area contributed by atoms with Crippen molar-refractivity contribution in [1.29, 1.82) is 0 Å². The first-order valence-electron chi connectivity index (χ1n) is 7.24. The highest BCUT2D eigenvalue weighted by Gasteiger charge is 2.47. The Morgan fingerprint density at radius 3 is 2.57 bits per heavy atom. The molecular formula is C15H22F3NOS. The van der Waals surface area contributed by atoms with Crippen molar-refractivity contribution in [3.8, 4) is 0 Å². The van der Waals surface area contributed by atoms with E-state index in [1.165, 1.54) is 11.3 Å². The third kappa shape index (κ3) is 4.19. The van der Waals surface area contributed by atoms with Crippen molar-refractivity contribution in [3.63, 3.8) is 0 Å². The first-order chi connectivity index (χ1) is 9.50. The van der Waals surface area contributed by atoms with Crippen LogP contribution < -0.4 is 0 Å². The molecule has 0 bridgehead atoms. The van der Waals surface area contributed by atoms with Gasteiger partial charge in [0.05, 0.1) is 22.2 Å². The third-order valence-electron chi connectivity index (χ3n) is 4.08. The van der Waals surface area contributed by atoms with Gasteiger partial charge in [0, 0.05) is 17.2 Å². The lowest BCUT2D eigenvalue weighted by atomic mass is 9.76. The van der Waals surface area contributed by atoms with Crippen LogP contribution in [0.15, 0.2) is 5.38 Å². The molecule has 1 fully saturated rings. The second-order valence-corrected chi connectivity index (χ2v) is 8.06. The van der Waals surface area contributed by atoms with Crippen molar-refractivity contribution in [2.75, 3.05) is 0 Å². The smallest absolute Gasteiger partial charge is 0.389 e. The van der Waals surface area contributed by atoms with Crippen molar-refractivity contribution >= 4 is 11.3 Å². The van der Waals surface area contributed by atoms with E-state index in [1.807, 2.05) is 26.2 Å². The summed E-state index contributed by atoms with van der Waals surface area (Å²) in [5.74, 6) is -1.39. The molecule has 6 heteroatoms. The minimum absolute atomic E-state index is 0.0849. The summed E-state index contributed by atoms with van der Waals surface area (Å²) in [5, 5.41) is 13.2. The Hall–Kier alpha value is -0.620. The topological polar surface area (TPSA) is 33.1 Å². The van der Waals surface area contributed by atoms with Crippen LogP contribution in [0, 0.1) is 5.92 Å². The fourth-order valence-electron chi connectivity index (χ4n) is 2.80. The summed E-state index contributed by atoms with van der Waals surface area (Å²) in [6.07, 6.45) is -3.24. The van der Waals surface area contributed by atoms with Crippen molar-refractivity contribution in [1.82, 2.24) is 4.98 Å². The molecule has 0 aliphatic heterocycles. The molecule has 1 heterocycles. The number of aromatic nitrogens is 1. The van der Waals surface area contributed by atoms with E-state index in [1.54, 1.807) is 0 Å². The van der Waals surface area contributed by atoms with Gasteiger partial charge in [-0.25, -0.2) is 4.98 Å². The Bertz CT molecular complexity index is 492. The van der Waals surface area contributed by atoms with E-state index in [2.05, 4.69) is 4.98 Å². The second-order valence-electron chi connectivity index (χ2n) is 7.11. The lowest BCUT2D eigenvalue weighted by molar-refractivity contribution is -0.200. The molecule has 2 unspecified atom stereocenters. The zero-order valence-corrected chi connectivity index (χ0v) is 13.4. The van der Waals surface area contributed by atoms with E-state index in [9.17, 15) is 18.3 Å². The molecule has 2 nitrogen and oxygen atoms in total. The Kier molecular flexibility index (Phi) is 4.42. The molecule has 0 amide bonds. The van der Waals surface area contributed by atoms with E-state index in [-0.39, 0.29) is 24.7 Å². The molecule has 2 atom stereocenters. The third-order valence-corrected chi connectivity index (χ3v) is 4.93. The Morgan fingerprint density at radius 2 is 2.05 bits per heavy atom. The highest BCUT2D eigenvalue weighted by Crippen LogP contribution is 2.43. The molecule has 2 rings (SSSR count). The summed E-state index contributed by atoms with van der Waals surface area (Å²) >= 11 is 1.42. The maximum atomic E-state index is 12.9. The molecule has 0 spiro atoms. The largest absolute Gasteiger partial charge is 0.391 e. The fourth-order valence-corrected chi connectivity index (χ4v) is 3.96. The van der Waals surface area contributed by atoms with Crippen LogP contribution in [-0.2, 0) is 11.8 Å². The highest BCUT2D eigenvalue weighted by molar-refractivity contribution is 7.09. The zero-order valence-electron chi connectivity index (χ0n) is 12.6. The van der Waals surface area contributed by atoms with E-state index >= 15 is 0 Å². The Balaban J connectivity index is 2.09. The average molecular weight is 321 g/mol. The number of halogens is 3. The molecule has 1 aromatic heterocycles. The molecule has 1 aliphatic rings. The summed E-state index contributed by atoms with van der Waals surface area (Å²) < 4.78 is 38.6. The Labute approximate surface area is 127 Å². The van der Waals surface area contributed by atoms with E-state index in [0.29, 0.717) is 12.8 Å². The lowest BCUT2D eigenvalue weighted by Crippen LogP contribution is -2.41. The van der Waals surface area contributed by atoms with Crippen LogP contribution in [0.4, 0.5) is 13.2 Å². The molecule has 21 heavy (non-hydrogen) atoms. The molecular weight excluding hydrogens is 299 g/mol. The number of hydrogen-bond donors (Lipinski definition) is 1. The summed E-state index contributed by atoms with van der Waals surface area (Å²) in [6, 6.07) is 0. The van der Waals surface area contributed by atoms with Gasteiger partial charge in [-0.15, -0.1) is 11.3 Å². The lowest BCUT2D eigenvalue weighted by Gasteiger charge is -2.37. The zero-order chi connectivity index (χ0) is 15.9. The van der Waals surface area contributed by atoms with Crippen LogP contribution in [-0.4, -0.2) is 21.9 Å². The van der Waals surface area contributed by atoms with Crippen molar-refractivity contribution < 1.29 is 18.3 Å². The normalized spacial score (nSPS) is 27.9. The maximum Gasteiger partial charge on any atom is 0.391 e. The molecule has 0 aromatic carbocycles. The fraction of sp³-hybridized carbons (Fsp3) is 0.800. The monoisotopic (exact) mass is 321 g/mol. The van der Waals surface area contributed by atoms with Gasteiger partial charge in [-0.1, -0.05) is 20.8 Å². The second kappa shape index (κ2) is 5.54. The van der Waals surface area contributed by atoms with Crippen molar-refractivity contribution in [3.05, 3.63) is 16.1 Å². The van der Waals surface area contributed by atoms with Gasteiger partial charge in [-0.3, -0.25) is 0 Å². The van der Waals surface area contributed by atoms with Gasteiger partial charge in [0.15, 0.2) is 0 Å². The average Bonchev–Trinajstić information content (AvgIpc) is 2.75. The van der Waals surface area contributed by atoms with E-state index in [0.717, 1.165) is 10.7 Å². The van der Waals surface area contributed by atoms with Crippen LogP contribution in [0.5, 0.6) is 0 Å². The molecule has 0 saturated heterocycles. The summed E-state index contributed by atoms with van der Waals surface area (Å²) in [5.41, 5.74) is -0.432. The first-order valence-corrected chi connectivity index (χ1v) is 8.12. The van der Waals surface area contributed by atoms with Gasteiger partial charge >= 0.3 is 6.18 Å². The number of nitrogens with zero attached hydrogens (tertiary/aromatic N) is 1. The van der Waals surface area contributed by atoms with Gasteiger partial charge in [0.1, 0.15) is 0 Å². The van der Waals surface area contributed by atoms with Gasteiger partial charge < -0.3 is 5.11 Å². The number of hydrogen-bond acceptors (Lipinski definition) is 3. The van der Waals surface area contributed by atoms with Crippen LogP contribution >= 0.6 is 11.3 Å². The van der Waals surface area contributed by atoms with Crippen molar-refractivity contribution in [2.45, 2.75) is 70.1 Å². The highest BCUT2D eigenvalue weighted by atomic mass is 32.1.